The van der Waals surface area contributed by atoms with Gasteiger partial charge in [0.2, 0.25) is 11.8 Å². The van der Waals surface area contributed by atoms with Crippen LogP contribution in [0.1, 0.15) is 25.3 Å². The molecule has 2 rings (SSSR count). The van der Waals surface area contributed by atoms with E-state index in [0.717, 1.165) is 21.6 Å². The highest BCUT2D eigenvalue weighted by atomic mass is 32.2. The van der Waals surface area contributed by atoms with Crippen LogP contribution in [0.25, 0.3) is 0 Å². The summed E-state index contributed by atoms with van der Waals surface area (Å²) in [6.07, 6.45) is 2.27. The molecule has 0 spiro atoms. The van der Waals surface area contributed by atoms with Crippen molar-refractivity contribution in [2.24, 2.45) is 0 Å². The molecule has 1 aliphatic rings. The van der Waals surface area contributed by atoms with E-state index >= 15 is 0 Å². The van der Waals surface area contributed by atoms with Crippen LogP contribution in [0.2, 0.25) is 0 Å². The van der Waals surface area contributed by atoms with Gasteiger partial charge >= 0.3 is 0 Å². The Morgan fingerprint density at radius 2 is 2.28 bits per heavy atom. The largest absolute Gasteiger partial charge is 0.355 e. The van der Waals surface area contributed by atoms with Gasteiger partial charge < -0.3 is 10.6 Å². The summed E-state index contributed by atoms with van der Waals surface area (Å²) in [5.41, 5.74) is 1.21. The van der Waals surface area contributed by atoms with E-state index in [2.05, 4.69) is 31.8 Å². The van der Waals surface area contributed by atoms with E-state index in [9.17, 15) is 9.59 Å². The number of aryl methyl sites for hydroxylation is 1. The van der Waals surface area contributed by atoms with E-state index in [4.69, 9.17) is 0 Å². The fourth-order valence-corrected chi connectivity index (χ4v) is 4.16. The Morgan fingerprint density at radius 1 is 1.48 bits per heavy atom. The zero-order chi connectivity index (χ0) is 18.2. The number of carbonyl (C=O) groups is 2. The number of amides is 2. The Hall–Kier alpha value is -1.45. The maximum Gasteiger partial charge on any atom is 0.237 e. The van der Waals surface area contributed by atoms with Crippen molar-refractivity contribution in [3.8, 4) is 0 Å². The smallest absolute Gasteiger partial charge is 0.237 e. The van der Waals surface area contributed by atoms with Crippen molar-refractivity contribution < 1.29 is 9.59 Å². The third-order valence-corrected chi connectivity index (χ3v) is 5.69. The van der Waals surface area contributed by atoms with Crippen LogP contribution in [-0.4, -0.2) is 64.9 Å². The number of allylic oxidation sites excluding steroid dienone is 1. The van der Waals surface area contributed by atoms with Crippen LogP contribution in [0.4, 0.5) is 0 Å². The summed E-state index contributed by atoms with van der Waals surface area (Å²) in [6, 6.07) is -0.400. The van der Waals surface area contributed by atoms with Gasteiger partial charge in [-0.05, 0) is 20.8 Å². The van der Waals surface area contributed by atoms with Crippen molar-refractivity contribution in [2.75, 3.05) is 31.9 Å². The minimum Gasteiger partial charge on any atom is -0.355 e. The molecule has 0 saturated carbocycles. The molecule has 0 unspecified atom stereocenters. The molecule has 2 amide bonds. The first kappa shape index (κ1) is 19.9. The number of rotatable bonds is 8. The van der Waals surface area contributed by atoms with Gasteiger partial charge in [-0.15, -0.1) is 10.2 Å². The molecule has 138 valence electrons. The van der Waals surface area contributed by atoms with Crippen molar-refractivity contribution in [3.63, 3.8) is 0 Å². The number of aromatic nitrogens is 2. The number of thioether (sulfide) groups is 1. The van der Waals surface area contributed by atoms with Gasteiger partial charge in [-0.25, -0.2) is 0 Å². The lowest BCUT2D eigenvalue weighted by atomic mass is 10.1. The molecule has 2 N–H and O–H groups in total. The molecule has 0 aliphatic carbocycles. The van der Waals surface area contributed by atoms with Crippen molar-refractivity contribution in [3.05, 3.63) is 16.7 Å². The Kier molecular flexibility index (Phi) is 7.86. The third-order valence-electron chi connectivity index (χ3n) is 3.71. The number of hydrogen-bond acceptors (Lipinski definition) is 7. The fraction of sp³-hybridized carbons (Fsp3) is 0.625. The molecular formula is C16H25N5O2S2. The van der Waals surface area contributed by atoms with Gasteiger partial charge in [-0.3, -0.25) is 14.5 Å². The highest BCUT2D eigenvalue weighted by Crippen LogP contribution is 2.21. The van der Waals surface area contributed by atoms with Crippen molar-refractivity contribution >= 4 is 34.9 Å². The van der Waals surface area contributed by atoms with Gasteiger partial charge in [-0.1, -0.05) is 34.7 Å². The maximum absolute atomic E-state index is 12.2. The highest BCUT2D eigenvalue weighted by Gasteiger charge is 2.30. The Morgan fingerprint density at radius 3 is 2.96 bits per heavy atom. The standard InChI is InChI=1S/C16H25N5O2S2/c1-11(2)4-7-21-8-5-18-15(23)13(21)10-14(22)17-6-9-24-16-20-19-12(3)25-16/h4,13H,5-10H2,1-3H3,(H,17,22)(H,18,23)/t13-/m0/s1. The quantitative estimate of drug-likeness (QED) is 0.399. The lowest BCUT2D eigenvalue weighted by Gasteiger charge is -2.34. The Balaban J connectivity index is 1.76. The van der Waals surface area contributed by atoms with Crippen LogP contribution in [0.5, 0.6) is 0 Å². The van der Waals surface area contributed by atoms with E-state index in [1.165, 1.54) is 5.57 Å². The molecule has 25 heavy (non-hydrogen) atoms. The second kappa shape index (κ2) is 9.88. The summed E-state index contributed by atoms with van der Waals surface area (Å²) in [4.78, 5) is 26.4. The second-order valence-electron chi connectivity index (χ2n) is 6.07. The summed E-state index contributed by atoms with van der Waals surface area (Å²) >= 11 is 3.12. The van der Waals surface area contributed by atoms with E-state index in [-0.39, 0.29) is 18.2 Å². The van der Waals surface area contributed by atoms with Gasteiger partial charge in [0.1, 0.15) is 5.01 Å². The van der Waals surface area contributed by atoms with E-state index in [1.807, 2.05) is 20.8 Å². The van der Waals surface area contributed by atoms with Crippen LogP contribution < -0.4 is 10.6 Å². The third kappa shape index (κ3) is 6.75. The molecule has 1 fully saturated rings. The van der Waals surface area contributed by atoms with Gasteiger partial charge in [0.15, 0.2) is 4.34 Å². The SMILES string of the molecule is CC(C)=CCN1CCNC(=O)[C@@H]1CC(=O)NCCSc1nnc(C)s1. The number of nitrogens with one attached hydrogen (secondary N) is 2. The zero-order valence-corrected chi connectivity index (χ0v) is 16.5. The lowest BCUT2D eigenvalue weighted by molar-refractivity contribution is -0.133. The maximum atomic E-state index is 12.2. The summed E-state index contributed by atoms with van der Waals surface area (Å²) in [5, 5.41) is 14.7. The molecule has 0 aromatic carbocycles. The minimum atomic E-state index is -0.400. The molecule has 1 atom stereocenters. The molecule has 1 aromatic heterocycles. The average molecular weight is 384 g/mol. The van der Waals surface area contributed by atoms with Crippen LogP contribution >= 0.6 is 23.1 Å². The summed E-state index contributed by atoms with van der Waals surface area (Å²) in [7, 11) is 0. The number of piperazine rings is 1. The summed E-state index contributed by atoms with van der Waals surface area (Å²) in [5.74, 6) is 0.569. The Labute approximate surface area is 156 Å². The second-order valence-corrected chi connectivity index (χ2v) is 8.60. The van der Waals surface area contributed by atoms with Crippen LogP contribution in [0.15, 0.2) is 16.0 Å². The van der Waals surface area contributed by atoms with Gasteiger partial charge in [0.05, 0.1) is 12.5 Å². The predicted molar refractivity (Wildman–Crippen MR) is 101 cm³/mol. The molecule has 0 bridgehead atoms. The normalized spacial score (nSPS) is 17.9. The molecule has 1 aliphatic heterocycles. The van der Waals surface area contributed by atoms with Crippen LogP contribution in [0.3, 0.4) is 0 Å². The molecule has 9 heteroatoms. The molecule has 0 radical (unpaired) electrons. The van der Waals surface area contributed by atoms with Crippen LogP contribution in [0, 0.1) is 6.92 Å². The fourth-order valence-electron chi connectivity index (χ4n) is 2.42. The van der Waals surface area contributed by atoms with Crippen molar-refractivity contribution in [1.82, 2.24) is 25.7 Å². The summed E-state index contributed by atoms with van der Waals surface area (Å²) < 4.78 is 0.909. The molecule has 1 saturated heterocycles. The lowest BCUT2D eigenvalue weighted by Crippen LogP contribution is -2.56. The van der Waals surface area contributed by atoms with Crippen molar-refractivity contribution in [1.29, 1.82) is 0 Å². The van der Waals surface area contributed by atoms with Crippen molar-refractivity contribution in [2.45, 2.75) is 37.6 Å². The van der Waals surface area contributed by atoms with Gasteiger partial charge in [-0.2, -0.15) is 0 Å². The Bertz CT molecular complexity index is 628. The summed E-state index contributed by atoms with van der Waals surface area (Å²) in [6.45, 7) is 8.61. The monoisotopic (exact) mass is 383 g/mol. The highest BCUT2D eigenvalue weighted by molar-refractivity contribution is 8.01. The molecule has 1 aromatic rings. The van der Waals surface area contributed by atoms with E-state index < -0.39 is 6.04 Å². The predicted octanol–water partition coefficient (Wildman–Crippen LogP) is 1.21. The first-order valence-electron chi connectivity index (χ1n) is 8.30. The topological polar surface area (TPSA) is 87.2 Å². The number of hydrogen-bond donors (Lipinski definition) is 2. The number of carbonyl (C=O) groups excluding carboxylic acids is 2. The minimum absolute atomic E-state index is 0.0673. The first-order chi connectivity index (χ1) is 12.0. The molecular weight excluding hydrogens is 358 g/mol. The average Bonchev–Trinajstić information content (AvgIpc) is 2.97. The van der Waals surface area contributed by atoms with E-state index in [1.54, 1.807) is 23.1 Å². The van der Waals surface area contributed by atoms with Gasteiger partial charge in [0, 0.05) is 31.9 Å². The van der Waals surface area contributed by atoms with E-state index in [0.29, 0.717) is 19.6 Å². The zero-order valence-electron chi connectivity index (χ0n) is 14.9. The number of nitrogens with zero attached hydrogens (tertiary/aromatic N) is 3. The molecule has 7 nitrogen and oxygen atoms in total. The van der Waals surface area contributed by atoms with Crippen LogP contribution in [-0.2, 0) is 9.59 Å². The van der Waals surface area contributed by atoms with Gasteiger partial charge in [0.25, 0.3) is 0 Å². The molecule has 2 heterocycles. The first-order valence-corrected chi connectivity index (χ1v) is 10.1.